The van der Waals surface area contributed by atoms with E-state index in [9.17, 15) is 19.5 Å². The summed E-state index contributed by atoms with van der Waals surface area (Å²) in [4.78, 5) is 36.2. The predicted molar refractivity (Wildman–Crippen MR) is 175 cm³/mol. The summed E-state index contributed by atoms with van der Waals surface area (Å²) < 4.78 is 11.1. The van der Waals surface area contributed by atoms with Gasteiger partial charge in [0.25, 0.3) is 0 Å². The number of nitrogens with one attached hydrogen (secondary N) is 1. The molecule has 0 radical (unpaired) electrons. The highest BCUT2D eigenvalue weighted by Crippen LogP contribution is 2.21. The Hall–Kier alpha value is -3.23. The van der Waals surface area contributed by atoms with Gasteiger partial charge in [0, 0.05) is 12.0 Å². The van der Waals surface area contributed by atoms with Crippen LogP contribution in [0.2, 0.25) is 0 Å². The van der Waals surface area contributed by atoms with Crippen LogP contribution in [0.15, 0.2) is 72.9 Å². The van der Waals surface area contributed by atoms with Crippen molar-refractivity contribution < 1.29 is 33.4 Å². The number of amides is 1. The van der Waals surface area contributed by atoms with Crippen LogP contribution in [0, 0.1) is 5.41 Å². The van der Waals surface area contributed by atoms with Gasteiger partial charge in [0.05, 0.1) is 40.6 Å². The molecule has 0 saturated carbocycles. The number of aliphatic hydroxyl groups is 1. The lowest BCUT2D eigenvalue weighted by Gasteiger charge is -2.28. The largest absolute Gasteiger partial charge is 0.465 e. The second-order valence-corrected chi connectivity index (χ2v) is 11.9. The molecule has 1 atom stereocenters. The molecule has 0 fully saturated rings. The minimum atomic E-state index is -1.40. The maximum Gasteiger partial charge on any atom is 0.309 e. The normalized spacial score (nSPS) is 13.7. The quantitative estimate of drug-likeness (QED) is 0.0877. The number of ether oxygens (including phenoxy) is 2. The van der Waals surface area contributed by atoms with Gasteiger partial charge in [-0.05, 0) is 38.5 Å². The molecule has 242 valence electrons. The van der Waals surface area contributed by atoms with Crippen molar-refractivity contribution >= 4 is 17.8 Å². The Bertz CT molecular complexity index is 967. The van der Waals surface area contributed by atoms with Crippen LogP contribution in [0.3, 0.4) is 0 Å². The number of likely N-dealkylation sites (N-methyl/N-ethyl adjacent to an activating group) is 1. The Balaban J connectivity index is 4.08. The van der Waals surface area contributed by atoms with E-state index in [4.69, 9.17) is 9.47 Å². The number of quaternary nitrogens is 1. The molecule has 0 saturated heterocycles. The smallest absolute Gasteiger partial charge is 0.309 e. The third-order valence-electron chi connectivity index (χ3n) is 6.13. The maximum atomic E-state index is 12.3. The summed E-state index contributed by atoms with van der Waals surface area (Å²) >= 11 is 0. The van der Waals surface area contributed by atoms with Crippen molar-refractivity contribution in [1.82, 2.24) is 5.32 Å². The Kier molecular flexibility index (Phi) is 22.4. The monoisotopic (exact) mass is 601 g/mol. The summed E-state index contributed by atoms with van der Waals surface area (Å²) in [6, 6.07) is 0. The number of rotatable bonds is 23. The molecule has 0 rings (SSSR count). The molecule has 0 spiro atoms. The number of carbonyl (C=O) groups is 3. The van der Waals surface area contributed by atoms with E-state index in [1.54, 1.807) is 19.9 Å². The Morgan fingerprint density at radius 2 is 1.21 bits per heavy atom. The molecule has 8 nitrogen and oxygen atoms in total. The topological polar surface area (TPSA) is 102 Å². The van der Waals surface area contributed by atoms with Gasteiger partial charge in [-0.15, -0.1) is 0 Å². The van der Waals surface area contributed by atoms with Crippen LogP contribution < -0.4 is 5.32 Å². The average molecular weight is 602 g/mol. The van der Waals surface area contributed by atoms with Gasteiger partial charge >= 0.3 is 11.9 Å². The van der Waals surface area contributed by atoms with Crippen LogP contribution in [0.5, 0.6) is 0 Å². The lowest BCUT2D eigenvalue weighted by Crippen LogP contribution is -2.46. The number of nitrogens with zero attached hydrogens (tertiary/aromatic N) is 1. The summed E-state index contributed by atoms with van der Waals surface area (Å²) in [6.45, 7) is 6.34. The molecule has 0 aromatic rings. The molecule has 2 N–H and O–H groups in total. The fourth-order valence-electron chi connectivity index (χ4n) is 3.35. The van der Waals surface area contributed by atoms with Gasteiger partial charge < -0.3 is 24.4 Å². The molecular weight excluding hydrogens is 544 g/mol. The van der Waals surface area contributed by atoms with Crippen molar-refractivity contribution in [3.05, 3.63) is 72.9 Å². The first-order valence-corrected chi connectivity index (χ1v) is 15.4. The molecule has 43 heavy (non-hydrogen) atoms. The predicted octanol–water partition coefficient (Wildman–Crippen LogP) is 5.76. The summed E-state index contributed by atoms with van der Waals surface area (Å²) in [7, 11) is 6.00. The first-order chi connectivity index (χ1) is 20.4. The molecule has 0 aliphatic heterocycles. The van der Waals surface area contributed by atoms with Crippen molar-refractivity contribution in [2.45, 2.75) is 78.2 Å². The van der Waals surface area contributed by atoms with E-state index >= 15 is 0 Å². The molecule has 0 aromatic carbocycles. The van der Waals surface area contributed by atoms with Gasteiger partial charge in [-0.2, -0.15) is 0 Å². The zero-order chi connectivity index (χ0) is 32.4. The van der Waals surface area contributed by atoms with Gasteiger partial charge in [-0.3, -0.25) is 14.4 Å². The zero-order valence-corrected chi connectivity index (χ0v) is 27.4. The maximum absolute atomic E-state index is 12.3. The van der Waals surface area contributed by atoms with E-state index in [-0.39, 0.29) is 26.0 Å². The van der Waals surface area contributed by atoms with E-state index in [1.165, 1.54) is 0 Å². The lowest BCUT2D eigenvalue weighted by molar-refractivity contribution is -0.870. The summed E-state index contributed by atoms with van der Waals surface area (Å²) in [6.07, 6.45) is 29.4. The van der Waals surface area contributed by atoms with Crippen LogP contribution in [-0.2, 0) is 23.9 Å². The molecule has 0 bridgehead atoms. The van der Waals surface area contributed by atoms with Crippen LogP contribution in [0.25, 0.3) is 0 Å². The standard InChI is InChI=1S/C35H56N2O6/c1-7-8-9-10-11-12-13-14-15-16-17-18-19-20-21-22-23-24-25-31(38)43-30-35(2,3)33(40)34(41)36-27-26-32(39)42-29-28-37(4,5)6/h8-9,11-12,14-15,17-18,20-21,23-24,33,40H,7,10,13,16,19,22,25-30H2,1-6H3/p+1. The van der Waals surface area contributed by atoms with Crippen molar-refractivity contribution in [2.24, 2.45) is 5.41 Å². The van der Waals surface area contributed by atoms with Gasteiger partial charge in [-0.25, -0.2) is 0 Å². The number of hydrogen-bond donors (Lipinski definition) is 2. The Morgan fingerprint density at radius 3 is 1.67 bits per heavy atom. The number of allylic oxidation sites excluding steroid dienone is 11. The van der Waals surface area contributed by atoms with E-state index in [0.717, 1.165) is 32.1 Å². The molecule has 0 aromatic heterocycles. The first-order valence-electron chi connectivity index (χ1n) is 15.4. The van der Waals surface area contributed by atoms with Crippen molar-refractivity contribution in [3.63, 3.8) is 0 Å². The molecule has 0 aliphatic carbocycles. The molecule has 8 heteroatoms. The number of aliphatic hydroxyl groups excluding tert-OH is 1. The highest BCUT2D eigenvalue weighted by molar-refractivity contribution is 5.82. The zero-order valence-electron chi connectivity index (χ0n) is 27.4. The van der Waals surface area contributed by atoms with Crippen LogP contribution in [-0.4, -0.2) is 81.0 Å². The minimum Gasteiger partial charge on any atom is -0.465 e. The molecular formula is C35H57N2O6+. The number of esters is 2. The molecule has 1 amide bonds. The summed E-state index contributed by atoms with van der Waals surface area (Å²) in [5.74, 6) is -1.47. The minimum absolute atomic E-state index is 0.0109. The van der Waals surface area contributed by atoms with Crippen LogP contribution in [0.4, 0.5) is 0 Å². The second kappa shape index (κ2) is 24.2. The highest BCUT2D eigenvalue weighted by Gasteiger charge is 2.34. The second-order valence-electron chi connectivity index (χ2n) is 11.9. The Morgan fingerprint density at radius 1 is 0.744 bits per heavy atom. The Labute approximate surface area is 260 Å². The SMILES string of the molecule is CCC=CCC=CCC=CCC=CCC=CCC=CCC(=O)OCC(C)(C)C(O)C(=O)NCCC(=O)OCC[N+](C)(C)C. The van der Waals surface area contributed by atoms with Gasteiger partial charge in [-0.1, -0.05) is 93.7 Å². The lowest BCUT2D eigenvalue weighted by atomic mass is 9.87. The van der Waals surface area contributed by atoms with Crippen molar-refractivity contribution in [3.8, 4) is 0 Å². The van der Waals surface area contributed by atoms with Gasteiger partial charge in [0.2, 0.25) is 5.91 Å². The summed E-state index contributed by atoms with van der Waals surface area (Å²) in [5.41, 5.74) is -0.997. The van der Waals surface area contributed by atoms with E-state index < -0.39 is 29.4 Å². The average Bonchev–Trinajstić information content (AvgIpc) is 2.94. The molecule has 1 unspecified atom stereocenters. The first kappa shape index (κ1) is 39.8. The van der Waals surface area contributed by atoms with Crippen LogP contribution >= 0.6 is 0 Å². The fourth-order valence-corrected chi connectivity index (χ4v) is 3.35. The van der Waals surface area contributed by atoms with Crippen LogP contribution in [0.1, 0.15) is 72.1 Å². The van der Waals surface area contributed by atoms with Crippen molar-refractivity contribution in [1.29, 1.82) is 0 Å². The number of hydrogen-bond acceptors (Lipinski definition) is 6. The van der Waals surface area contributed by atoms with Gasteiger partial charge in [0.15, 0.2) is 0 Å². The third-order valence-corrected chi connectivity index (χ3v) is 6.13. The third kappa shape index (κ3) is 25.0. The highest BCUT2D eigenvalue weighted by atomic mass is 16.5. The van der Waals surface area contributed by atoms with E-state index in [2.05, 4.69) is 66.9 Å². The van der Waals surface area contributed by atoms with E-state index in [0.29, 0.717) is 24.1 Å². The molecule has 0 aliphatic rings. The van der Waals surface area contributed by atoms with Crippen molar-refractivity contribution in [2.75, 3.05) is 47.4 Å². The number of carbonyl (C=O) groups excluding carboxylic acids is 3. The molecule has 0 heterocycles. The van der Waals surface area contributed by atoms with E-state index in [1.807, 2.05) is 33.3 Å². The van der Waals surface area contributed by atoms with Gasteiger partial charge in [0.1, 0.15) is 19.3 Å². The fraction of sp³-hybridized carbons (Fsp3) is 0.571. The summed E-state index contributed by atoms with van der Waals surface area (Å²) in [5, 5.41) is 13.0.